The lowest BCUT2D eigenvalue weighted by Gasteiger charge is -2.29. The van der Waals surface area contributed by atoms with Crippen molar-refractivity contribution in [2.75, 3.05) is 0 Å². The molecule has 0 bridgehead atoms. The van der Waals surface area contributed by atoms with Crippen LogP contribution in [0.4, 0.5) is 4.39 Å². The summed E-state index contributed by atoms with van der Waals surface area (Å²) in [5.41, 5.74) is 3.26. The van der Waals surface area contributed by atoms with Gasteiger partial charge in [0, 0.05) is 35.5 Å². The van der Waals surface area contributed by atoms with Crippen molar-refractivity contribution in [3.05, 3.63) is 83.7 Å². The molecule has 7 nitrogen and oxygen atoms in total. The summed E-state index contributed by atoms with van der Waals surface area (Å²) < 4.78 is 13.8. The highest BCUT2D eigenvalue weighted by molar-refractivity contribution is 6.06. The number of pyridine rings is 2. The number of fused-ring (bicyclic) bond motifs is 2. The summed E-state index contributed by atoms with van der Waals surface area (Å²) in [7, 11) is 0. The fraction of sp³-hybridized carbons (Fsp3) is 0.130. The molecule has 0 saturated carbocycles. The quantitative estimate of drug-likeness (QED) is 0.608. The number of nitrogens with one attached hydrogen (secondary N) is 3. The van der Waals surface area contributed by atoms with Gasteiger partial charge in [0.15, 0.2) is 5.78 Å². The summed E-state index contributed by atoms with van der Waals surface area (Å²) in [5, 5.41) is 10.3. The second-order valence-electron chi connectivity index (χ2n) is 7.33. The molecular formula is C23H19FN6O. The molecule has 2 aromatic heterocycles. The van der Waals surface area contributed by atoms with Crippen molar-refractivity contribution >= 4 is 23.0 Å². The Morgan fingerprint density at radius 1 is 1.16 bits per heavy atom. The van der Waals surface area contributed by atoms with Crippen LogP contribution in [0.25, 0.3) is 22.3 Å². The van der Waals surface area contributed by atoms with E-state index < -0.39 is 0 Å². The van der Waals surface area contributed by atoms with E-state index in [4.69, 9.17) is 4.98 Å². The molecular weight excluding hydrogens is 395 g/mol. The summed E-state index contributed by atoms with van der Waals surface area (Å²) in [5.74, 6) is 0.0356. The Morgan fingerprint density at radius 2 is 2.06 bits per heavy atom. The van der Waals surface area contributed by atoms with E-state index in [-0.39, 0.29) is 23.8 Å². The fourth-order valence-electron chi connectivity index (χ4n) is 3.76. The number of carbonyl (C=O) groups excluding carboxylic acids is 1. The van der Waals surface area contributed by atoms with Crippen LogP contribution in [0.3, 0.4) is 0 Å². The molecule has 3 N–H and O–H groups in total. The SMILES string of the molecule is CC(NC1=C2C(=O)C=CNC2NC=N1)c1cc2ccc(F)cc2nc1-c1ccccn1. The van der Waals surface area contributed by atoms with Gasteiger partial charge in [0.2, 0.25) is 0 Å². The molecule has 0 spiro atoms. The van der Waals surface area contributed by atoms with Crippen LogP contribution >= 0.6 is 0 Å². The highest BCUT2D eigenvalue weighted by Crippen LogP contribution is 2.30. The first kappa shape index (κ1) is 18.9. The lowest BCUT2D eigenvalue weighted by molar-refractivity contribution is -0.112. The van der Waals surface area contributed by atoms with E-state index >= 15 is 0 Å². The molecule has 2 unspecified atom stereocenters. The van der Waals surface area contributed by atoms with Crippen molar-refractivity contribution in [2.24, 2.45) is 4.99 Å². The second kappa shape index (κ2) is 7.64. The van der Waals surface area contributed by atoms with Crippen molar-refractivity contribution < 1.29 is 9.18 Å². The third-order valence-corrected chi connectivity index (χ3v) is 5.28. The number of carbonyl (C=O) groups is 1. The van der Waals surface area contributed by atoms with Crippen molar-refractivity contribution in [2.45, 2.75) is 19.1 Å². The van der Waals surface area contributed by atoms with Crippen LogP contribution in [0.5, 0.6) is 0 Å². The molecule has 5 rings (SSSR count). The highest BCUT2D eigenvalue weighted by atomic mass is 19.1. The maximum absolute atomic E-state index is 13.8. The van der Waals surface area contributed by atoms with Crippen molar-refractivity contribution in [1.82, 2.24) is 25.9 Å². The first-order valence-corrected chi connectivity index (χ1v) is 9.88. The van der Waals surface area contributed by atoms with Crippen LogP contribution in [0.2, 0.25) is 0 Å². The van der Waals surface area contributed by atoms with Gasteiger partial charge < -0.3 is 16.0 Å². The van der Waals surface area contributed by atoms with E-state index in [0.29, 0.717) is 28.3 Å². The number of benzene rings is 1. The molecule has 0 radical (unpaired) electrons. The standard InChI is InChI=1S/C23H19FN6O/c1-13(29-23-20-19(31)7-9-26-22(20)27-12-28-23)16-10-14-5-6-15(24)11-18(14)30-21(16)17-4-2-3-8-25-17/h2-13,22,26,29H,1H3,(H,27,28). The van der Waals surface area contributed by atoms with Crippen LogP contribution in [0, 0.1) is 5.82 Å². The predicted octanol–water partition coefficient (Wildman–Crippen LogP) is 2.94. The Bertz CT molecular complexity index is 1270. The average molecular weight is 414 g/mol. The Labute approximate surface area is 177 Å². The number of rotatable bonds is 4. The van der Waals surface area contributed by atoms with Gasteiger partial charge in [-0.05, 0) is 37.3 Å². The number of halogens is 1. The monoisotopic (exact) mass is 414 g/mol. The zero-order valence-electron chi connectivity index (χ0n) is 16.6. The minimum Gasteiger partial charge on any atom is -0.367 e. The lowest BCUT2D eigenvalue weighted by atomic mass is 9.99. The smallest absolute Gasteiger partial charge is 0.190 e. The number of aliphatic imine (C=N–C) groups is 1. The summed E-state index contributed by atoms with van der Waals surface area (Å²) in [6, 6.07) is 11.8. The summed E-state index contributed by atoms with van der Waals surface area (Å²) in [4.78, 5) is 26.0. The minimum absolute atomic E-state index is 0.111. The highest BCUT2D eigenvalue weighted by Gasteiger charge is 2.29. The van der Waals surface area contributed by atoms with Crippen molar-refractivity contribution in [3.8, 4) is 11.4 Å². The van der Waals surface area contributed by atoms with Gasteiger partial charge in [-0.2, -0.15) is 0 Å². The topological polar surface area (TPSA) is 91.3 Å². The molecule has 2 aliphatic heterocycles. The van der Waals surface area contributed by atoms with E-state index in [1.54, 1.807) is 24.8 Å². The summed E-state index contributed by atoms with van der Waals surface area (Å²) >= 11 is 0. The molecule has 0 saturated heterocycles. The Kier molecular flexibility index (Phi) is 4.66. The van der Waals surface area contributed by atoms with E-state index in [1.165, 1.54) is 18.2 Å². The summed E-state index contributed by atoms with van der Waals surface area (Å²) in [6.45, 7) is 1.97. The van der Waals surface area contributed by atoms with E-state index in [9.17, 15) is 9.18 Å². The van der Waals surface area contributed by atoms with Gasteiger partial charge in [-0.3, -0.25) is 9.78 Å². The van der Waals surface area contributed by atoms with E-state index in [2.05, 4.69) is 25.9 Å². The van der Waals surface area contributed by atoms with Gasteiger partial charge >= 0.3 is 0 Å². The number of nitrogens with zero attached hydrogens (tertiary/aromatic N) is 3. The van der Waals surface area contributed by atoms with Crippen LogP contribution in [-0.4, -0.2) is 28.3 Å². The first-order chi connectivity index (χ1) is 15.1. The number of ketones is 1. The third kappa shape index (κ3) is 3.52. The molecule has 0 fully saturated rings. The Balaban J connectivity index is 1.60. The molecule has 31 heavy (non-hydrogen) atoms. The maximum atomic E-state index is 13.8. The molecule has 0 aliphatic carbocycles. The van der Waals surface area contributed by atoms with Crippen LogP contribution < -0.4 is 16.0 Å². The number of hydrogen-bond donors (Lipinski definition) is 3. The Morgan fingerprint density at radius 3 is 2.90 bits per heavy atom. The Hall–Kier alpha value is -4.07. The molecule has 3 aromatic rings. The van der Waals surface area contributed by atoms with Gasteiger partial charge in [-0.15, -0.1) is 0 Å². The van der Waals surface area contributed by atoms with E-state index in [1.807, 2.05) is 31.2 Å². The summed E-state index contributed by atoms with van der Waals surface area (Å²) in [6.07, 6.45) is 6.02. The van der Waals surface area contributed by atoms with E-state index in [0.717, 1.165) is 10.9 Å². The fourth-order valence-corrected chi connectivity index (χ4v) is 3.76. The molecule has 154 valence electrons. The molecule has 2 atom stereocenters. The number of allylic oxidation sites excluding steroid dienone is 1. The molecule has 8 heteroatoms. The minimum atomic E-state index is -0.343. The average Bonchev–Trinajstić information content (AvgIpc) is 2.79. The maximum Gasteiger partial charge on any atom is 0.190 e. The molecule has 0 amide bonds. The van der Waals surface area contributed by atoms with Crippen LogP contribution in [0.15, 0.2) is 77.3 Å². The second-order valence-corrected chi connectivity index (χ2v) is 7.33. The number of hydrogen-bond acceptors (Lipinski definition) is 7. The van der Waals surface area contributed by atoms with Crippen LogP contribution in [0.1, 0.15) is 18.5 Å². The molecule has 2 aliphatic rings. The molecule has 4 heterocycles. The third-order valence-electron chi connectivity index (χ3n) is 5.28. The predicted molar refractivity (Wildman–Crippen MR) is 116 cm³/mol. The zero-order chi connectivity index (χ0) is 21.4. The van der Waals surface area contributed by atoms with Crippen molar-refractivity contribution in [1.29, 1.82) is 0 Å². The van der Waals surface area contributed by atoms with Crippen molar-refractivity contribution in [3.63, 3.8) is 0 Å². The largest absolute Gasteiger partial charge is 0.367 e. The van der Waals surface area contributed by atoms with Crippen LogP contribution in [-0.2, 0) is 4.79 Å². The van der Waals surface area contributed by atoms with Gasteiger partial charge in [-0.25, -0.2) is 14.4 Å². The zero-order valence-corrected chi connectivity index (χ0v) is 16.6. The lowest BCUT2D eigenvalue weighted by Crippen LogP contribution is -2.48. The first-order valence-electron chi connectivity index (χ1n) is 9.88. The normalized spacial score (nSPS) is 18.4. The number of aromatic nitrogens is 2. The molecule has 1 aromatic carbocycles. The van der Waals surface area contributed by atoms with Gasteiger partial charge in [0.25, 0.3) is 0 Å². The van der Waals surface area contributed by atoms with Gasteiger partial charge in [0.05, 0.1) is 34.9 Å². The van der Waals surface area contributed by atoms with Gasteiger partial charge in [0.1, 0.15) is 17.8 Å². The van der Waals surface area contributed by atoms with Gasteiger partial charge in [-0.1, -0.05) is 6.07 Å².